The van der Waals surface area contributed by atoms with Crippen molar-refractivity contribution in [2.45, 2.75) is 5.09 Å². The van der Waals surface area contributed by atoms with Crippen LogP contribution in [0.2, 0.25) is 0 Å². The molecule has 0 spiro atoms. The molecule has 7 heteroatoms. The molecule has 1 aromatic heterocycles. The summed E-state index contributed by atoms with van der Waals surface area (Å²) in [7, 11) is 1.48. The van der Waals surface area contributed by atoms with Crippen LogP contribution in [-0.2, 0) is 0 Å². The molecular weight excluding hydrogens is 328 g/mol. The van der Waals surface area contributed by atoms with E-state index in [1.165, 1.54) is 31.2 Å². The normalized spacial score (nSPS) is 10.4. The molecule has 0 unspecified atom stereocenters. The van der Waals surface area contributed by atoms with Crippen LogP contribution < -0.4 is 9.46 Å². The standard InChI is InChI=1S/C17H14N2O4S/c1-22-14-9-12(17(20)21)7-8-13(14)19-24-15-10-18-16(23-15)11-5-3-2-4-6-11/h2-10,19H,1H3,(H,20,21). The summed E-state index contributed by atoms with van der Waals surface area (Å²) in [5.74, 6) is -0.0338. The molecule has 0 aliphatic rings. The van der Waals surface area contributed by atoms with Gasteiger partial charge < -0.3 is 19.0 Å². The molecule has 2 aromatic carbocycles. The second kappa shape index (κ2) is 7.10. The Kier molecular flexibility index (Phi) is 4.72. The fourth-order valence-corrected chi connectivity index (χ4v) is 2.64. The van der Waals surface area contributed by atoms with Crippen LogP contribution in [0.25, 0.3) is 11.5 Å². The number of methoxy groups -OCH3 is 1. The van der Waals surface area contributed by atoms with Gasteiger partial charge in [-0.15, -0.1) is 0 Å². The summed E-state index contributed by atoms with van der Waals surface area (Å²) in [5, 5.41) is 9.59. The maximum absolute atomic E-state index is 11.0. The predicted molar refractivity (Wildman–Crippen MR) is 91.4 cm³/mol. The third kappa shape index (κ3) is 3.52. The van der Waals surface area contributed by atoms with Crippen molar-refractivity contribution in [1.82, 2.24) is 4.98 Å². The maximum Gasteiger partial charge on any atom is 0.335 e. The van der Waals surface area contributed by atoms with Crippen molar-refractivity contribution in [1.29, 1.82) is 0 Å². The zero-order valence-electron chi connectivity index (χ0n) is 12.7. The highest BCUT2D eigenvalue weighted by Gasteiger charge is 2.11. The van der Waals surface area contributed by atoms with Crippen molar-refractivity contribution < 1.29 is 19.1 Å². The number of aromatic carboxylic acids is 1. The fraction of sp³-hybridized carbons (Fsp3) is 0.0588. The number of hydrogen-bond donors (Lipinski definition) is 2. The van der Waals surface area contributed by atoms with Crippen LogP contribution in [0.4, 0.5) is 5.69 Å². The number of nitrogens with one attached hydrogen (secondary N) is 1. The molecule has 0 amide bonds. The molecule has 3 rings (SSSR count). The molecule has 0 radical (unpaired) electrons. The van der Waals surface area contributed by atoms with Gasteiger partial charge in [0.25, 0.3) is 0 Å². The maximum atomic E-state index is 11.0. The molecule has 0 saturated heterocycles. The topological polar surface area (TPSA) is 84.6 Å². The van der Waals surface area contributed by atoms with Crippen LogP contribution in [0.3, 0.4) is 0 Å². The smallest absolute Gasteiger partial charge is 0.335 e. The van der Waals surface area contributed by atoms with E-state index in [2.05, 4.69) is 9.71 Å². The van der Waals surface area contributed by atoms with Gasteiger partial charge in [-0.2, -0.15) is 0 Å². The second-order valence-corrected chi connectivity index (χ2v) is 5.59. The van der Waals surface area contributed by atoms with Crippen LogP contribution in [-0.4, -0.2) is 23.2 Å². The van der Waals surface area contributed by atoms with Crippen LogP contribution in [0.5, 0.6) is 5.75 Å². The van der Waals surface area contributed by atoms with E-state index in [0.29, 0.717) is 22.4 Å². The van der Waals surface area contributed by atoms with E-state index in [4.69, 9.17) is 14.3 Å². The molecule has 3 aromatic rings. The first kappa shape index (κ1) is 15.9. The highest BCUT2D eigenvalue weighted by atomic mass is 32.2. The van der Waals surface area contributed by atoms with E-state index in [-0.39, 0.29) is 5.56 Å². The Labute approximate surface area is 142 Å². The van der Waals surface area contributed by atoms with Gasteiger partial charge in [-0.05, 0) is 30.3 Å². The molecular formula is C17H14N2O4S. The number of nitrogens with zero attached hydrogens (tertiary/aromatic N) is 1. The minimum absolute atomic E-state index is 0.161. The average Bonchev–Trinajstić information content (AvgIpc) is 3.09. The molecule has 0 atom stereocenters. The molecule has 24 heavy (non-hydrogen) atoms. The van der Waals surface area contributed by atoms with Crippen LogP contribution in [0.15, 0.2) is 64.2 Å². The molecule has 0 bridgehead atoms. The van der Waals surface area contributed by atoms with Gasteiger partial charge >= 0.3 is 5.97 Å². The van der Waals surface area contributed by atoms with Gasteiger partial charge in [-0.25, -0.2) is 9.78 Å². The molecule has 1 heterocycles. The Morgan fingerprint density at radius 2 is 2.04 bits per heavy atom. The monoisotopic (exact) mass is 342 g/mol. The highest BCUT2D eigenvalue weighted by molar-refractivity contribution is 8.00. The number of carboxylic acids is 1. The van der Waals surface area contributed by atoms with E-state index in [0.717, 1.165) is 5.56 Å². The van der Waals surface area contributed by atoms with Crippen LogP contribution >= 0.6 is 11.9 Å². The summed E-state index contributed by atoms with van der Waals surface area (Å²) in [4.78, 5) is 15.2. The number of ether oxygens (including phenoxy) is 1. The summed E-state index contributed by atoms with van der Waals surface area (Å²) in [6, 6.07) is 14.2. The number of oxazole rings is 1. The van der Waals surface area contributed by atoms with Crippen molar-refractivity contribution in [3.05, 3.63) is 60.3 Å². The van der Waals surface area contributed by atoms with E-state index < -0.39 is 5.97 Å². The van der Waals surface area contributed by atoms with E-state index in [9.17, 15) is 4.79 Å². The van der Waals surface area contributed by atoms with Gasteiger partial charge in [0, 0.05) is 17.5 Å². The van der Waals surface area contributed by atoms with Crippen molar-refractivity contribution in [3.63, 3.8) is 0 Å². The SMILES string of the molecule is COc1cc(C(=O)O)ccc1NSc1cnc(-c2ccccc2)o1. The lowest BCUT2D eigenvalue weighted by atomic mass is 10.2. The molecule has 0 saturated carbocycles. The predicted octanol–water partition coefficient (Wildman–Crippen LogP) is 4.17. The Morgan fingerprint density at radius 1 is 1.25 bits per heavy atom. The summed E-state index contributed by atoms with van der Waals surface area (Å²) in [6.07, 6.45) is 1.62. The number of rotatable bonds is 6. The van der Waals surface area contributed by atoms with Gasteiger partial charge in [0.05, 0.1) is 24.6 Å². The first-order chi connectivity index (χ1) is 11.7. The minimum Gasteiger partial charge on any atom is -0.495 e. The highest BCUT2D eigenvalue weighted by Crippen LogP contribution is 2.31. The van der Waals surface area contributed by atoms with Crippen molar-refractivity contribution >= 4 is 23.6 Å². The molecule has 2 N–H and O–H groups in total. The molecule has 0 aliphatic heterocycles. The van der Waals surface area contributed by atoms with Gasteiger partial charge in [0.1, 0.15) is 5.75 Å². The van der Waals surface area contributed by atoms with Gasteiger partial charge in [-0.3, -0.25) is 0 Å². The second-order valence-electron chi connectivity index (χ2n) is 4.77. The largest absolute Gasteiger partial charge is 0.495 e. The average molecular weight is 342 g/mol. The Bertz CT molecular complexity index is 849. The quantitative estimate of drug-likeness (QED) is 0.650. The lowest BCUT2D eigenvalue weighted by Crippen LogP contribution is -1.99. The third-order valence-electron chi connectivity index (χ3n) is 3.22. The summed E-state index contributed by atoms with van der Waals surface area (Å²) in [6.45, 7) is 0. The van der Waals surface area contributed by atoms with Crippen LogP contribution in [0, 0.1) is 0 Å². The number of aromatic nitrogens is 1. The number of carboxylic acid groups (broad SMARTS) is 1. The Hall–Kier alpha value is -2.93. The first-order valence-corrected chi connectivity index (χ1v) is 7.84. The molecule has 0 fully saturated rings. The third-order valence-corrected chi connectivity index (χ3v) is 3.93. The van der Waals surface area contributed by atoms with Crippen molar-refractivity contribution in [2.24, 2.45) is 0 Å². The lowest BCUT2D eigenvalue weighted by Gasteiger charge is -2.09. The van der Waals surface area contributed by atoms with E-state index >= 15 is 0 Å². The number of carbonyl (C=O) groups is 1. The van der Waals surface area contributed by atoms with E-state index in [1.54, 1.807) is 12.3 Å². The Morgan fingerprint density at radius 3 is 2.75 bits per heavy atom. The number of anilines is 1. The zero-order valence-corrected chi connectivity index (χ0v) is 13.5. The van der Waals surface area contributed by atoms with E-state index in [1.807, 2.05) is 30.3 Å². The van der Waals surface area contributed by atoms with Gasteiger partial charge in [-0.1, -0.05) is 18.2 Å². The summed E-state index contributed by atoms with van der Waals surface area (Å²) in [5.41, 5.74) is 1.70. The van der Waals surface area contributed by atoms with Crippen molar-refractivity contribution in [2.75, 3.05) is 11.8 Å². The molecule has 6 nitrogen and oxygen atoms in total. The summed E-state index contributed by atoms with van der Waals surface area (Å²) < 4.78 is 14.0. The fourth-order valence-electron chi connectivity index (χ4n) is 2.03. The van der Waals surface area contributed by atoms with Gasteiger partial charge in [0.2, 0.25) is 11.0 Å². The molecule has 122 valence electrons. The van der Waals surface area contributed by atoms with Crippen molar-refractivity contribution in [3.8, 4) is 17.2 Å². The lowest BCUT2D eigenvalue weighted by molar-refractivity contribution is 0.0696. The van der Waals surface area contributed by atoms with Gasteiger partial charge in [0.15, 0.2) is 0 Å². The first-order valence-electron chi connectivity index (χ1n) is 7.03. The van der Waals surface area contributed by atoms with Crippen LogP contribution in [0.1, 0.15) is 10.4 Å². The zero-order chi connectivity index (χ0) is 16.9. The molecule has 0 aliphatic carbocycles. The Balaban J connectivity index is 1.72. The minimum atomic E-state index is -1.00. The summed E-state index contributed by atoms with van der Waals surface area (Å²) >= 11 is 1.23. The number of hydrogen-bond acceptors (Lipinski definition) is 6. The number of benzene rings is 2.